The van der Waals surface area contributed by atoms with E-state index in [-0.39, 0.29) is 29.4 Å². The first kappa shape index (κ1) is 6.72. The number of halogens is 2. The highest BCUT2D eigenvalue weighted by Gasteiger charge is 1.87. The van der Waals surface area contributed by atoms with Crippen LogP contribution in [0.1, 0.15) is 0 Å². The first-order valence-electron chi connectivity index (χ1n) is 1.58. The smallest absolute Gasteiger partial charge is 0.193 e. The summed E-state index contributed by atoms with van der Waals surface area (Å²) in [5.41, 5.74) is 0. The van der Waals surface area contributed by atoms with E-state index >= 15 is 0 Å². The van der Waals surface area contributed by atoms with Crippen molar-refractivity contribution in [2.45, 2.75) is 0 Å². The maximum Gasteiger partial charge on any atom is 0.193 e. The standard InChI is InChI=1S/C2H6F2P2/c3-1-5-6-2-4/h5-6H,1-2H2/p+1. The van der Waals surface area contributed by atoms with Gasteiger partial charge in [0.2, 0.25) is 0 Å². The maximum absolute atomic E-state index is 11.1. The lowest BCUT2D eigenvalue weighted by molar-refractivity contribution is 0.599. The zero-order chi connectivity index (χ0) is 4.83. The van der Waals surface area contributed by atoms with Crippen LogP contribution in [0.5, 0.6) is 0 Å². The van der Waals surface area contributed by atoms with E-state index in [4.69, 9.17) is 0 Å². The second kappa shape index (κ2) is 5.72. The molecule has 0 N–H and O–H groups in total. The maximum atomic E-state index is 11.1. The lowest BCUT2D eigenvalue weighted by Crippen LogP contribution is -1.48. The molecule has 4 heteroatoms. The molecule has 0 bridgehead atoms. The Morgan fingerprint density at radius 1 is 1.50 bits per heavy atom. The van der Waals surface area contributed by atoms with Gasteiger partial charge in [-0.1, -0.05) is 0 Å². The molecule has 0 nitrogen and oxygen atoms in total. The zero-order valence-electron chi connectivity index (χ0n) is 3.25. The number of hydrogen-bond donors (Lipinski definition) is 0. The van der Waals surface area contributed by atoms with Crippen LogP contribution in [-0.2, 0) is 0 Å². The van der Waals surface area contributed by atoms with Gasteiger partial charge in [0.15, 0.2) is 6.42 Å². The molecule has 2 atom stereocenters. The molecular weight excluding hydrogens is 124 g/mol. The van der Waals surface area contributed by atoms with E-state index in [0.717, 1.165) is 0 Å². The zero-order valence-corrected chi connectivity index (χ0v) is 5.40. The summed E-state index contributed by atoms with van der Waals surface area (Å²) in [4.78, 5) is 0. The van der Waals surface area contributed by atoms with Crippen molar-refractivity contribution in [3.05, 3.63) is 0 Å². The number of hydrogen-bond acceptors (Lipinski definition) is 0. The van der Waals surface area contributed by atoms with Gasteiger partial charge < -0.3 is 0 Å². The fourth-order valence-electron chi connectivity index (χ4n) is 0.109. The van der Waals surface area contributed by atoms with Crippen LogP contribution in [-0.4, -0.2) is 12.8 Å². The van der Waals surface area contributed by atoms with E-state index in [1.54, 1.807) is 0 Å². The van der Waals surface area contributed by atoms with E-state index in [1.165, 1.54) is 0 Å². The van der Waals surface area contributed by atoms with Crippen molar-refractivity contribution >= 4 is 16.5 Å². The molecular formula is C2H7F2P2+. The van der Waals surface area contributed by atoms with Gasteiger partial charge >= 0.3 is 0 Å². The molecule has 0 amide bonds. The third-order valence-corrected chi connectivity index (χ3v) is 2.69. The quantitative estimate of drug-likeness (QED) is 0.405. The second-order valence-electron chi connectivity index (χ2n) is 0.696. The molecule has 0 aliphatic carbocycles. The van der Waals surface area contributed by atoms with Gasteiger partial charge in [-0.2, -0.15) is 0 Å². The molecule has 0 heterocycles. The van der Waals surface area contributed by atoms with Crippen molar-refractivity contribution in [2.24, 2.45) is 0 Å². The van der Waals surface area contributed by atoms with Gasteiger partial charge in [0.1, 0.15) is 6.42 Å². The summed E-state index contributed by atoms with van der Waals surface area (Å²) in [7, 11) is 0.0610. The van der Waals surface area contributed by atoms with Crippen LogP contribution >= 0.6 is 16.5 Å². The Labute approximate surface area is 39.2 Å². The monoisotopic (exact) mass is 131 g/mol. The highest BCUT2D eigenvalue weighted by atomic mass is 32.0. The molecule has 2 unspecified atom stereocenters. The Kier molecular flexibility index (Phi) is 6.41. The summed E-state index contributed by atoms with van der Waals surface area (Å²) >= 11 is 0. The van der Waals surface area contributed by atoms with Crippen molar-refractivity contribution < 1.29 is 8.78 Å². The molecule has 0 aliphatic rings. The van der Waals surface area contributed by atoms with Gasteiger partial charge in [0, 0.05) is 8.27 Å². The predicted molar refractivity (Wildman–Crippen MR) is 30.0 cm³/mol. The van der Waals surface area contributed by atoms with Crippen LogP contribution in [0.25, 0.3) is 0 Å². The first-order chi connectivity index (χ1) is 2.91. The van der Waals surface area contributed by atoms with Crippen LogP contribution in [0.4, 0.5) is 8.78 Å². The van der Waals surface area contributed by atoms with Gasteiger partial charge in [-0.3, -0.25) is 0 Å². The normalized spacial score (nSPS) is 13.0. The van der Waals surface area contributed by atoms with Crippen LogP contribution in [0.15, 0.2) is 0 Å². The van der Waals surface area contributed by atoms with Gasteiger partial charge in [-0.05, 0) is 0 Å². The van der Waals surface area contributed by atoms with E-state index in [9.17, 15) is 8.78 Å². The molecule has 0 spiro atoms. The van der Waals surface area contributed by atoms with Crippen LogP contribution in [0, 0.1) is 0 Å². The average Bonchev–Trinajstić information content (AvgIpc) is 1.61. The van der Waals surface area contributed by atoms with Crippen molar-refractivity contribution in [2.75, 3.05) is 12.8 Å². The Bertz CT molecular complexity index is 21.5. The molecule has 0 fully saturated rings. The molecule has 38 valence electrons. The van der Waals surface area contributed by atoms with Gasteiger partial charge in [0.25, 0.3) is 0 Å². The lowest BCUT2D eigenvalue weighted by atomic mass is 11.8. The topological polar surface area (TPSA) is 0 Å². The Hall–Kier alpha value is 0.720. The molecule has 0 aromatic rings. The van der Waals surface area contributed by atoms with Crippen molar-refractivity contribution in [1.29, 1.82) is 0 Å². The van der Waals surface area contributed by atoms with Gasteiger partial charge in [-0.15, -0.1) is 0 Å². The summed E-state index contributed by atoms with van der Waals surface area (Å²) < 4.78 is 22.1. The Morgan fingerprint density at radius 2 is 2.17 bits per heavy atom. The number of rotatable bonds is 3. The largest absolute Gasteiger partial charge is 0.242 e. The molecule has 6 heavy (non-hydrogen) atoms. The van der Waals surface area contributed by atoms with Crippen LogP contribution < -0.4 is 0 Å². The van der Waals surface area contributed by atoms with Crippen LogP contribution in [0.3, 0.4) is 0 Å². The molecule has 0 radical (unpaired) electrons. The number of alkyl halides is 2. The van der Waals surface area contributed by atoms with Gasteiger partial charge in [-0.25, -0.2) is 8.78 Å². The molecule has 0 aromatic carbocycles. The summed E-state index contributed by atoms with van der Waals surface area (Å²) in [6.45, 7) is 0. The van der Waals surface area contributed by atoms with Crippen molar-refractivity contribution in [3.63, 3.8) is 0 Å². The predicted octanol–water partition coefficient (Wildman–Crippen LogP) is 1.84. The average molecular weight is 131 g/mol. The van der Waals surface area contributed by atoms with E-state index in [2.05, 4.69) is 0 Å². The summed E-state index contributed by atoms with van der Waals surface area (Å²) in [5.74, 6) is 0. The molecule has 0 saturated heterocycles. The minimum absolute atomic E-state index is 0.196. The minimum Gasteiger partial charge on any atom is -0.242 e. The third kappa shape index (κ3) is 4.72. The van der Waals surface area contributed by atoms with E-state index in [1.807, 2.05) is 0 Å². The van der Waals surface area contributed by atoms with E-state index < -0.39 is 0 Å². The Balaban J connectivity index is 2.34. The molecule has 0 saturated carbocycles. The third-order valence-electron chi connectivity index (χ3n) is 0.299. The lowest BCUT2D eigenvalue weighted by Gasteiger charge is -1.74. The molecule has 0 aliphatic heterocycles. The Morgan fingerprint density at radius 3 is 2.33 bits per heavy atom. The highest BCUT2D eigenvalue weighted by Crippen LogP contribution is 2.35. The minimum atomic E-state index is -0.320. The van der Waals surface area contributed by atoms with Crippen LogP contribution in [0.2, 0.25) is 0 Å². The van der Waals surface area contributed by atoms with Gasteiger partial charge in [0.05, 0.1) is 8.27 Å². The highest BCUT2D eigenvalue weighted by molar-refractivity contribution is 8.11. The second-order valence-corrected chi connectivity index (χ2v) is 4.54. The van der Waals surface area contributed by atoms with Crippen molar-refractivity contribution in [1.82, 2.24) is 0 Å². The first-order valence-corrected chi connectivity index (χ1v) is 5.42. The van der Waals surface area contributed by atoms with Crippen molar-refractivity contribution in [3.8, 4) is 0 Å². The molecule has 0 aromatic heterocycles. The summed E-state index contributed by atoms with van der Waals surface area (Å²) in [6, 6.07) is 0. The van der Waals surface area contributed by atoms with E-state index in [0.29, 0.717) is 0 Å². The summed E-state index contributed by atoms with van der Waals surface area (Å²) in [5, 5.41) is 0. The SMILES string of the molecule is FCP[PH2+]CF. The molecule has 0 rings (SSSR count). The summed E-state index contributed by atoms with van der Waals surface area (Å²) in [6.07, 6.45) is -0.610. The fraction of sp³-hybridized carbons (Fsp3) is 1.00. The fourth-order valence-corrected chi connectivity index (χ4v) is 0.982.